The van der Waals surface area contributed by atoms with Crippen LogP contribution in [0.2, 0.25) is 0 Å². The highest BCUT2D eigenvalue weighted by Crippen LogP contribution is 2.32. The van der Waals surface area contributed by atoms with Gasteiger partial charge in [-0.25, -0.2) is 15.0 Å². The molecule has 3 heterocycles. The van der Waals surface area contributed by atoms with Crippen LogP contribution in [0.15, 0.2) is 18.5 Å². The van der Waals surface area contributed by atoms with Gasteiger partial charge in [-0.15, -0.1) is 0 Å². The van der Waals surface area contributed by atoms with Crippen molar-refractivity contribution in [3.8, 4) is 0 Å². The second kappa shape index (κ2) is 5.89. The van der Waals surface area contributed by atoms with E-state index in [0.29, 0.717) is 12.1 Å². The maximum atomic E-state index is 4.54. The topological polar surface area (TPSA) is 44.3 Å². The van der Waals surface area contributed by atoms with Gasteiger partial charge < -0.3 is 5.32 Å². The summed E-state index contributed by atoms with van der Waals surface area (Å²) in [6, 6.07) is 3.15. The van der Waals surface area contributed by atoms with Gasteiger partial charge in [-0.2, -0.15) is 0 Å². The van der Waals surface area contributed by atoms with Gasteiger partial charge in [-0.1, -0.05) is 12.8 Å². The molecule has 4 rings (SSSR count). The molecule has 0 radical (unpaired) electrons. The lowest BCUT2D eigenvalue weighted by molar-refractivity contribution is 0.255. The standard InChI is InChI=1S/C16H25N5/c1-2-7-14(6-1)21(16-18-9-4-10-19-16)20-11-13-5-3-8-17-15(13)12-20/h4,9-10,13-15,17H,1-3,5-8,11-12H2. The predicted molar refractivity (Wildman–Crippen MR) is 82.9 cm³/mol. The van der Waals surface area contributed by atoms with Gasteiger partial charge in [0, 0.05) is 37.6 Å². The first-order chi connectivity index (χ1) is 10.4. The quantitative estimate of drug-likeness (QED) is 0.919. The number of hydrazine groups is 1. The van der Waals surface area contributed by atoms with Crippen LogP contribution in [0.25, 0.3) is 0 Å². The van der Waals surface area contributed by atoms with Gasteiger partial charge in [0.2, 0.25) is 5.95 Å². The van der Waals surface area contributed by atoms with Gasteiger partial charge >= 0.3 is 0 Å². The van der Waals surface area contributed by atoms with Crippen LogP contribution in [0.4, 0.5) is 5.95 Å². The molecule has 114 valence electrons. The highest BCUT2D eigenvalue weighted by atomic mass is 15.7. The molecule has 5 heteroatoms. The average Bonchev–Trinajstić information content (AvgIpc) is 3.18. The lowest BCUT2D eigenvalue weighted by Crippen LogP contribution is -2.49. The summed E-state index contributed by atoms with van der Waals surface area (Å²) in [7, 11) is 0. The highest BCUT2D eigenvalue weighted by Gasteiger charge is 2.40. The van der Waals surface area contributed by atoms with Crippen LogP contribution in [-0.2, 0) is 0 Å². The molecule has 3 aliphatic rings. The molecule has 0 bridgehead atoms. The van der Waals surface area contributed by atoms with E-state index in [2.05, 4.69) is 25.3 Å². The van der Waals surface area contributed by atoms with Crippen molar-refractivity contribution >= 4 is 5.95 Å². The van der Waals surface area contributed by atoms with E-state index in [0.717, 1.165) is 25.0 Å². The Bertz CT molecular complexity index is 445. The first-order valence-electron chi connectivity index (χ1n) is 8.46. The van der Waals surface area contributed by atoms with Crippen LogP contribution >= 0.6 is 0 Å². The van der Waals surface area contributed by atoms with E-state index in [9.17, 15) is 0 Å². The fraction of sp³-hybridized carbons (Fsp3) is 0.750. The number of nitrogens with zero attached hydrogens (tertiary/aromatic N) is 4. The Morgan fingerprint density at radius 1 is 1.05 bits per heavy atom. The van der Waals surface area contributed by atoms with Crippen LogP contribution in [0.1, 0.15) is 38.5 Å². The summed E-state index contributed by atoms with van der Waals surface area (Å²) >= 11 is 0. The Hall–Kier alpha value is -1.20. The second-order valence-corrected chi connectivity index (χ2v) is 6.67. The molecule has 2 atom stereocenters. The van der Waals surface area contributed by atoms with E-state index in [1.54, 1.807) is 0 Å². The van der Waals surface area contributed by atoms with E-state index in [4.69, 9.17) is 0 Å². The first-order valence-corrected chi connectivity index (χ1v) is 8.46. The molecule has 5 nitrogen and oxygen atoms in total. The fourth-order valence-electron chi connectivity index (χ4n) is 4.28. The molecule has 3 fully saturated rings. The zero-order valence-electron chi connectivity index (χ0n) is 12.6. The van der Waals surface area contributed by atoms with Gasteiger partial charge in [0.1, 0.15) is 0 Å². The molecule has 2 saturated heterocycles. The van der Waals surface area contributed by atoms with E-state index >= 15 is 0 Å². The minimum atomic E-state index is 0.590. The summed E-state index contributed by atoms with van der Waals surface area (Å²) in [5.41, 5.74) is 0. The zero-order chi connectivity index (χ0) is 14.1. The maximum absolute atomic E-state index is 4.54. The minimum absolute atomic E-state index is 0.590. The molecule has 1 saturated carbocycles. The number of anilines is 1. The Balaban J connectivity index is 1.57. The van der Waals surface area contributed by atoms with Crippen LogP contribution in [0.5, 0.6) is 0 Å². The Morgan fingerprint density at radius 3 is 2.62 bits per heavy atom. The Kier molecular flexibility index (Phi) is 3.78. The van der Waals surface area contributed by atoms with Gasteiger partial charge in [0.15, 0.2) is 0 Å². The van der Waals surface area contributed by atoms with Crippen molar-refractivity contribution in [3.05, 3.63) is 18.5 Å². The summed E-state index contributed by atoms with van der Waals surface area (Å²) in [5, 5.41) is 8.65. The summed E-state index contributed by atoms with van der Waals surface area (Å²) in [6.07, 6.45) is 11.6. The van der Waals surface area contributed by atoms with E-state index in [-0.39, 0.29) is 0 Å². The molecule has 1 aromatic heterocycles. The number of piperidine rings is 1. The number of rotatable bonds is 3. The molecular formula is C16H25N5. The van der Waals surface area contributed by atoms with E-state index in [1.807, 2.05) is 18.5 Å². The maximum Gasteiger partial charge on any atom is 0.240 e. The third-order valence-electron chi connectivity index (χ3n) is 5.31. The fourth-order valence-corrected chi connectivity index (χ4v) is 4.28. The lowest BCUT2D eigenvalue weighted by atomic mass is 9.94. The summed E-state index contributed by atoms with van der Waals surface area (Å²) in [4.78, 5) is 9.08. The SMILES string of the molecule is c1cnc(N(C2CCCC2)N2CC3CCCNC3C2)nc1. The van der Waals surface area contributed by atoms with Crippen LogP contribution in [0.3, 0.4) is 0 Å². The third-order valence-corrected chi connectivity index (χ3v) is 5.31. The number of aromatic nitrogens is 2. The molecule has 1 aliphatic carbocycles. The normalized spacial score (nSPS) is 30.5. The molecule has 21 heavy (non-hydrogen) atoms. The Morgan fingerprint density at radius 2 is 1.86 bits per heavy atom. The molecule has 2 aliphatic heterocycles. The van der Waals surface area contributed by atoms with Crippen molar-refractivity contribution in [1.82, 2.24) is 20.3 Å². The molecule has 0 spiro atoms. The smallest absolute Gasteiger partial charge is 0.240 e. The molecule has 1 N–H and O–H groups in total. The minimum Gasteiger partial charge on any atom is -0.312 e. The van der Waals surface area contributed by atoms with Crippen molar-refractivity contribution in [2.24, 2.45) is 5.92 Å². The summed E-state index contributed by atoms with van der Waals surface area (Å²) < 4.78 is 0. The molecule has 0 amide bonds. The van der Waals surface area contributed by atoms with E-state index < -0.39 is 0 Å². The zero-order valence-corrected chi connectivity index (χ0v) is 12.6. The number of hydrogen-bond acceptors (Lipinski definition) is 5. The average molecular weight is 287 g/mol. The number of fused-ring (bicyclic) bond motifs is 1. The van der Waals surface area contributed by atoms with Crippen molar-refractivity contribution < 1.29 is 0 Å². The summed E-state index contributed by atoms with van der Waals surface area (Å²) in [5.74, 6) is 1.69. The van der Waals surface area contributed by atoms with Crippen LogP contribution in [-0.4, -0.2) is 46.7 Å². The van der Waals surface area contributed by atoms with Crippen molar-refractivity contribution in [2.75, 3.05) is 24.6 Å². The largest absolute Gasteiger partial charge is 0.312 e. The second-order valence-electron chi connectivity index (χ2n) is 6.67. The van der Waals surface area contributed by atoms with Crippen molar-refractivity contribution in [1.29, 1.82) is 0 Å². The molecular weight excluding hydrogens is 262 g/mol. The monoisotopic (exact) mass is 287 g/mol. The van der Waals surface area contributed by atoms with Gasteiger partial charge in [0.25, 0.3) is 0 Å². The third kappa shape index (κ3) is 2.64. The number of hydrogen-bond donors (Lipinski definition) is 1. The number of nitrogens with one attached hydrogen (secondary N) is 1. The van der Waals surface area contributed by atoms with Gasteiger partial charge in [0.05, 0.1) is 0 Å². The highest BCUT2D eigenvalue weighted by molar-refractivity contribution is 5.30. The van der Waals surface area contributed by atoms with Gasteiger partial charge in [-0.3, -0.25) is 5.01 Å². The molecule has 1 aromatic rings. The first kappa shape index (κ1) is 13.5. The van der Waals surface area contributed by atoms with Crippen LogP contribution in [0, 0.1) is 5.92 Å². The predicted octanol–water partition coefficient (Wildman–Crippen LogP) is 1.82. The summed E-state index contributed by atoms with van der Waals surface area (Å²) in [6.45, 7) is 3.45. The Labute approximate surface area is 126 Å². The lowest BCUT2D eigenvalue weighted by Gasteiger charge is -2.36. The molecule has 0 aromatic carbocycles. The van der Waals surface area contributed by atoms with E-state index in [1.165, 1.54) is 45.1 Å². The van der Waals surface area contributed by atoms with Crippen molar-refractivity contribution in [2.45, 2.75) is 50.6 Å². The molecule has 2 unspecified atom stereocenters. The van der Waals surface area contributed by atoms with Gasteiger partial charge in [-0.05, 0) is 44.2 Å². The van der Waals surface area contributed by atoms with Crippen molar-refractivity contribution in [3.63, 3.8) is 0 Å². The van der Waals surface area contributed by atoms with Crippen LogP contribution < -0.4 is 10.3 Å².